The van der Waals surface area contributed by atoms with Crippen molar-refractivity contribution < 1.29 is 31.2 Å². The fraction of sp³-hybridized carbons (Fsp3) is 0.391. The summed E-state index contributed by atoms with van der Waals surface area (Å²) in [4.78, 5) is 27.8. The van der Waals surface area contributed by atoms with Crippen LogP contribution < -0.4 is 20.4 Å². The van der Waals surface area contributed by atoms with Crippen molar-refractivity contribution in [1.82, 2.24) is 5.32 Å². The maximum Gasteiger partial charge on any atom is 0.319 e. The molecule has 4 rings (SSSR count). The summed E-state index contributed by atoms with van der Waals surface area (Å²) in [6.07, 6.45) is 2.13. The van der Waals surface area contributed by atoms with E-state index >= 15 is 4.39 Å². The van der Waals surface area contributed by atoms with Gasteiger partial charge in [0.15, 0.2) is 21.5 Å². The highest BCUT2D eigenvalue weighted by Gasteiger charge is 2.35. The summed E-state index contributed by atoms with van der Waals surface area (Å²) >= 11 is 0. The second-order valence-electron chi connectivity index (χ2n) is 8.68. The van der Waals surface area contributed by atoms with Crippen molar-refractivity contribution in [2.45, 2.75) is 30.6 Å². The van der Waals surface area contributed by atoms with Crippen molar-refractivity contribution in [3.05, 3.63) is 53.8 Å². The zero-order valence-corrected chi connectivity index (χ0v) is 19.7. The van der Waals surface area contributed by atoms with Gasteiger partial charge in [-0.1, -0.05) is 12.1 Å². The Morgan fingerprint density at radius 2 is 1.69 bits per heavy atom. The average molecular weight is 511 g/mol. The van der Waals surface area contributed by atoms with E-state index in [0.717, 1.165) is 11.2 Å². The van der Waals surface area contributed by atoms with Gasteiger partial charge in [0.05, 0.1) is 22.3 Å². The first-order valence-corrected chi connectivity index (χ1v) is 13.1. The quantitative estimate of drug-likeness (QED) is 0.645. The van der Waals surface area contributed by atoms with Crippen LogP contribution in [0.25, 0.3) is 0 Å². The van der Waals surface area contributed by atoms with Gasteiger partial charge in [0, 0.05) is 25.9 Å². The number of rotatable bonds is 5. The Balaban J connectivity index is 1.48. The van der Waals surface area contributed by atoms with Crippen LogP contribution in [0, 0.1) is 17.5 Å². The average Bonchev–Trinajstić information content (AvgIpc) is 3.30. The lowest BCUT2D eigenvalue weighted by molar-refractivity contribution is -0.121. The van der Waals surface area contributed by atoms with E-state index in [4.69, 9.17) is 0 Å². The van der Waals surface area contributed by atoms with Crippen LogP contribution in [0.1, 0.15) is 19.3 Å². The number of amides is 3. The molecule has 12 heteroatoms. The molecule has 0 spiro atoms. The molecule has 35 heavy (non-hydrogen) atoms. The lowest BCUT2D eigenvalue weighted by atomic mass is 10.0. The zero-order chi connectivity index (χ0) is 25.3. The van der Waals surface area contributed by atoms with Crippen LogP contribution >= 0.6 is 0 Å². The molecule has 2 atom stereocenters. The van der Waals surface area contributed by atoms with Gasteiger partial charge in [-0.2, -0.15) is 0 Å². The second kappa shape index (κ2) is 9.76. The monoisotopic (exact) mass is 510 g/mol. The summed E-state index contributed by atoms with van der Waals surface area (Å²) in [5, 5.41) is 4.13. The molecule has 3 amide bonds. The van der Waals surface area contributed by atoms with Crippen LogP contribution in [-0.2, 0) is 14.6 Å². The van der Waals surface area contributed by atoms with Gasteiger partial charge < -0.3 is 20.4 Å². The first-order valence-electron chi connectivity index (χ1n) is 11.1. The number of hydrogen-bond donors (Lipinski definition) is 2. The van der Waals surface area contributed by atoms with Crippen molar-refractivity contribution in [3.8, 4) is 0 Å². The number of nitrogens with zero attached hydrogens (tertiary/aromatic N) is 2. The van der Waals surface area contributed by atoms with Gasteiger partial charge in [-0.15, -0.1) is 0 Å². The Kier molecular flexibility index (Phi) is 6.93. The van der Waals surface area contributed by atoms with Crippen LogP contribution in [0.3, 0.4) is 0 Å². The predicted octanol–water partition coefficient (Wildman–Crippen LogP) is 3.04. The summed E-state index contributed by atoms with van der Waals surface area (Å²) in [5.41, 5.74) is -0.397. The maximum absolute atomic E-state index is 15.1. The van der Waals surface area contributed by atoms with Crippen molar-refractivity contribution in [3.63, 3.8) is 0 Å². The van der Waals surface area contributed by atoms with Crippen LogP contribution in [0.5, 0.6) is 0 Å². The predicted molar refractivity (Wildman–Crippen MR) is 126 cm³/mol. The molecule has 2 aromatic carbocycles. The number of carbonyl (C=O) groups is 2. The van der Waals surface area contributed by atoms with Gasteiger partial charge in [-0.25, -0.2) is 26.4 Å². The number of nitrogens with one attached hydrogen (secondary N) is 2. The van der Waals surface area contributed by atoms with Gasteiger partial charge in [0.1, 0.15) is 11.9 Å². The van der Waals surface area contributed by atoms with Gasteiger partial charge in [-0.3, -0.25) is 4.79 Å². The summed E-state index contributed by atoms with van der Waals surface area (Å²) in [5.74, 6) is -3.66. The molecule has 0 aromatic heterocycles. The van der Waals surface area contributed by atoms with Crippen molar-refractivity contribution >= 4 is 38.8 Å². The molecule has 8 nitrogen and oxygen atoms in total. The van der Waals surface area contributed by atoms with Crippen LogP contribution in [-0.4, -0.2) is 57.5 Å². The molecule has 2 aromatic rings. The molecule has 1 unspecified atom stereocenters. The maximum atomic E-state index is 15.1. The lowest BCUT2D eigenvalue weighted by Crippen LogP contribution is -2.53. The minimum atomic E-state index is -3.31. The van der Waals surface area contributed by atoms with E-state index in [1.165, 1.54) is 41.3 Å². The summed E-state index contributed by atoms with van der Waals surface area (Å²) in [6.45, 7) is 0.445. The first kappa shape index (κ1) is 24.8. The van der Waals surface area contributed by atoms with E-state index in [2.05, 4.69) is 10.6 Å². The number of sulfone groups is 1. The largest absolute Gasteiger partial charge is 0.368 e. The van der Waals surface area contributed by atoms with Crippen molar-refractivity contribution in [2.75, 3.05) is 41.0 Å². The topological polar surface area (TPSA) is 98.8 Å². The number of piperidine rings is 1. The van der Waals surface area contributed by atoms with Gasteiger partial charge in [-0.05, 0) is 43.5 Å². The molecule has 0 aliphatic carbocycles. The molecule has 0 saturated carbocycles. The SMILES string of the molecule is CS(=O)(=O)C1CCN(c2ccc(N3CCC[C@@H](NC(=O)Nc4ccccc4F)C3=O)c(F)c2F)C1. The lowest BCUT2D eigenvalue weighted by Gasteiger charge is -2.33. The van der Waals surface area contributed by atoms with Gasteiger partial charge >= 0.3 is 6.03 Å². The Bertz CT molecular complexity index is 1260. The minimum absolute atomic E-state index is 0.0559. The molecule has 0 radical (unpaired) electrons. The molecule has 188 valence electrons. The van der Waals surface area contributed by atoms with Gasteiger partial charge in [0.2, 0.25) is 5.91 Å². The third-order valence-corrected chi connectivity index (χ3v) is 7.89. The smallest absolute Gasteiger partial charge is 0.319 e. The third-order valence-electron chi connectivity index (χ3n) is 6.29. The number of para-hydroxylation sites is 1. The number of anilines is 3. The summed E-state index contributed by atoms with van der Waals surface area (Å²) in [7, 11) is -3.31. The highest BCUT2D eigenvalue weighted by molar-refractivity contribution is 7.91. The number of urea groups is 1. The number of carbonyl (C=O) groups excluding carboxylic acids is 2. The number of hydrogen-bond acceptors (Lipinski definition) is 5. The molecule has 2 saturated heterocycles. The summed E-state index contributed by atoms with van der Waals surface area (Å²) < 4.78 is 67.4. The van der Waals surface area contributed by atoms with Crippen LogP contribution in [0.2, 0.25) is 0 Å². The van der Waals surface area contributed by atoms with Gasteiger partial charge in [0.25, 0.3) is 0 Å². The van der Waals surface area contributed by atoms with E-state index in [0.29, 0.717) is 12.8 Å². The van der Waals surface area contributed by atoms with E-state index in [-0.39, 0.29) is 43.1 Å². The molecule has 0 bridgehead atoms. The first-order chi connectivity index (χ1) is 16.6. The van der Waals surface area contributed by atoms with E-state index in [9.17, 15) is 26.8 Å². The third kappa shape index (κ3) is 5.21. The van der Waals surface area contributed by atoms with E-state index in [1.54, 1.807) is 0 Å². The molecule has 2 fully saturated rings. The van der Waals surface area contributed by atoms with Crippen LogP contribution in [0.4, 0.5) is 35.0 Å². The Morgan fingerprint density at radius 3 is 2.37 bits per heavy atom. The standard InChI is InChI=1S/C23H25F3N4O4S/c1-35(33,34)14-10-12-29(13-14)18-8-9-19(21(26)20(18)25)30-11-4-7-17(22(30)31)28-23(32)27-16-6-3-2-5-15(16)24/h2-3,5-6,8-9,14,17H,4,7,10-13H2,1H3,(H2,27,28,32)/t14?,17-/m1/s1. The molecular weight excluding hydrogens is 485 g/mol. The minimum Gasteiger partial charge on any atom is -0.368 e. The fourth-order valence-electron chi connectivity index (χ4n) is 4.41. The highest BCUT2D eigenvalue weighted by atomic mass is 32.2. The second-order valence-corrected chi connectivity index (χ2v) is 11.0. The Morgan fingerprint density at radius 1 is 1.00 bits per heavy atom. The molecule has 2 aliphatic heterocycles. The molecule has 2 N–H and O–H groups in total. The van der Waals surface area contributed by atoms with E-state index < -0.39 is 50.5 Å². The summed E-state index contributed by atoms with van der Waals surface area (Å²) in [6, 6.07) is 6.34. The highest BCUT2D eigenvalue weighted by Crippen LogP contribution is 2.33. The normalized spacial score (nSPS) is 20.7. The van der Waals surface area contributed by atoms with Crippen molar-refractivity contribution in [1.29, 1.82) is 0 Å². The fourth-order valence-corrected chi connectivity index (χ4v) is 5.39. The molecule has 2 aliphatic rings. The molecule has 2 heterocycles. The van der Waals surface area contributed by atoms with E-state index in [1.807, 2.05) is 0 Å². The zero-order valence-electron chi connectivity index (χ0n) is 18.9. The number of benzene rings is 2. The van der Waals surface area contributed by atoms with Crippen molar-refractivity contribution in [2.24, 2.45) is 0 Å². The Labute approximate surface area is 201 Å². The molecular formula is C23H25F3N4O4S. The Hall–Kier alpha value is -3.28. The number of halogens is 3. The van der Waals surface area contributed by atoms with Crippen LogP contribution in [0.15, 0.2) is 36.4 Å².